The van der Waals surface area contributed by atoms with E-state index in [1.807, 2.05) is 37.3 Å². The van der Waals surface area contributed by atoms with Crippen LogP contribution in [0.25, 0.3) is 5.69 Å². The molecule has 2 heterocycles. The highest BCUT2D eigenvalue weighted by Crippen LogP contribution is 2.32. The molecule has 0 atom stereocenters. The van der Waals surface area contributed by atoms with Gasteiger partial charge in [0.25, 0.3) is 0 Å². The largest absolute Gasteiger partial charge is 0.497 e. The van der Waals surface area contributed by atoms with E-state index in [-0.39, 0.29) is 6.61 Å². The summed E-state index contributed by atoms with van der Waals surface area (Å²) in [5.74, 6) is 1.46. The number of aromatic nitrogens is 3. The van der Waals surface area contributed by atoms with Gasteiger partial charge in [0.05, 0.1) is 30.7 Å². The monoisotopic (exact) mass is 683 g/mol. The second kappa shape index (κ2) is 14.9. The smallest absolute Gasteiger partial charge is 0.416 e. The van der Waals surface area contributed by atoms with E-state index in [4.69, 9.17) is 24.4 Å². The van der Waals surface area contributed by atoms with Gasteiger partial charge in [-0.05, 0) is 100.0 Å². The topological polar surface area (TPSA) is 82.0 Å². The van der Waals surface area contributed by atoms with Crippen LogP contribution in [-0.4, -0.2) is 71.4 Å². The van der Waals surface area contributed by atoms with Gasteiger partial charge in [0.15, 0.2) is 5.60 Å². The molecule has 3 aromatic carbocycles. The minimum atomic E-state index is -4.43. The summed E-state index contributed by atoms with van der Waals surface area (Å²) in [6, 6.07) is 18.6. The Morgan fingerprint density at radius 2 is 1.54 bits per heavy atom. The summed E-state index contributed by atoms with van der Waals surface area (Å²) in [4.78, 5) is 19.4. The minimum absolute atomic E-state index is 0.269. The normalized spacial score (nSPS) is 14.2. The van der Waals surface area contributed by atoms with Crippen LogP contribution in [0.15, 0.2) is 71.6 Å². The van der Waals surface area contributed by atoms with Crippen LogP contribution < -0.4 is 14.4 Å². The first-order chi connectivity index (χ1) is 22.9. The predicted molar refractivity (Wildman–Crippen MR) is 179 cm³/mol. The number of piperazine rings is 1. The summed E-state index contributed by atoms with van der Waals surface area (Å²) in [5, 5.41) is 9.49. The molecule has 0 bridgehead atoms. The van der Waals surface area contributed by atoms with Gasteiger partial charge in [0, 0.05) is 49.1 Å². The van der Waals surface area contributed by atoms with Gasteiger partial charge in [-0.2, -0.15) is 28.2 Å². The number of methoxy groups -OCH3 is 1. The molecule has 0 unspecified atom stereocenters. The van der Waals surface area contributed by atoms with Crippen molar-refractivity contribution in [2.45, 2.75) is 56.7 Å². The number of ether oxygens (including phenoxy) is 3. The van der Waals surface area contributed by atoms with Crippen molar-refractivity contribution in [2.75, 3.05) is 44.8 Å². The number of rotatable bonds is 12. The zero-order valence-electron chi connectivity index (χ0n) is 27.7. The van der Waals surface area contributed by atoms with Crippen molar-refractivity contribution in [2.24, 2.45) is 0 Å². The van der Waals surface area contributed by atoms with Gasteiger partial charge in [-0.15, -0.1) is 11.8 Å². The van der Waals surface area contributed by atoms with E-state index >= 15 is 0 Å². The predicted octanol–water partition coefficient (Wildman–Crippen LogP) is 6.94. The van der Waals surface area contributed by atoms with Crippen molar-refractivity contribution < 1.29 is 32.2 Å². The fourth-order valence-electron chi connectivity index (χ4n) is 5.27. The lowest BCUT2D eigenvalue weighted by atomic mass is 10.1. The Bertz CT molecular complexity index is 1690. The van der Waals surface area contributed by atoms with Crippen LogP contribution >= 0.6 is 11.8 Å². The van der Waals surface area contributed by atoms with Crippen molar-refractivity contribution in [3.05, 3.63) is 89.2 Å². The Labute approximate surface area is 283 Å². The maximum atomic E-state index is 13.2. The average molecular weight is 684 g/mol. The lowest BCUT2D eigenvalue weighted by Gasteiger charge is -2.35. The molecule has 0 saturated carbocycles. The SMILES string of the molecule is CCOC(=O)C(C)(C)Oc1ccc(SCc2nn(-c3ccc(C(F)(F)F)cc3)nc2CN2CCN(c3ccc(OC)cc3)CC2)cc1C. The fourth-order valence-corrected chi connectivity index (χ4v) is 6.22. The molecule has 256 valence electrons. The number of thioether (sulfide) groups is 1. The highest BCUT2D eigenvalue weighted by Gasteiger charge is 2.32. The number of hydrogen-bond donors (Lipinski definition) is 0. The highest BCUT2D eigenvalue weighted by molar-refractivity contribution is 7.98. The number of esters is 1. The van der Waals surface area contributed by atoms with Crippen molar-refractivity contribution >= 4 is 23.4 Å². The third-order valence-corrected chi connectivity index (χ3v) is 9.03. The molecule has 1 fully saturated rings. The van der Waals surface area contributed by atoms with Crippen LogP contribution in [-0.2, 0) is 28.0 Å². The molecule has 1 aliphatic heterocycles. The fraction of sp³-hybridized carbons (Fsp3) is 0.400. The van der Waals surface area contributed by atoms with Crippen LogP contribution in [0.1, 0.15) is 43.3 Å². The Balaban J connectivity index is 1.31. The molecule has 5 rings (SSSR count). The Kier molecular flexibility index (Phi) is 10.9. The van der Waals surface area contributed by atoms with Crippen molar-refractivity contribution in [3.63, 3.8) is 0 Å². The number of benzene rings is 3. The third-order valence-electron chi connectivity index (χ3n) is 8.03. The first-order valence-corrected chi connectivity index (χ1v) is 16.7. The minimum Gasteiger partial charge on any atom is -0.497 e. The Hall–Kier alpha value is -4.23. The lowest BCUT2D eigenvalue weighted by molar-refractivity contribution is -0.158. The number of nitrogens with zero attached hydrogens (tertiary/aromatic N) is 5. The summed E-state index contributed by atoms with van der Waals surface area (Å²) >= 11 is 1.57. The summed E-state index contributed by atoms with van der Waals surface area (Å²) in [6.45, 7) is 11.1. The zero-order valence-corrected chi connectivity index (χ0v) is 28.5. The van der Waals surface area contributed by atoms with Gasteiger partial charge >= 0.3 is 12.1 Å². The van der Waals surface area contributed by atoms with Gasteiger partial charge < -0.3 is 19.1 Å². The summed E-state index contributed by atoms with van der Waals surface area (Å²) < 4.78 is 56.0. The Morgan fingerprint density at radius 3 is 2.15 bits per heavy atom. The molecular weight excluding hydrogens is 643 g/mol. The van der Waals surface area contributed by atoms with Crippen molar-refractivity contribution in [1.29, 1.82) is 0 Å². The van der Waals surface area contributed by atoms with Crippen molar-refractivity contribution in [3.8, 4) is 17.2 Å². The lowest BCUT2D eigenvalue weighted by Crippen LogP contribution is -2.46. The number of carbonyl (C=O) groups is 1. The molecule has 9 nitrogen and oxygen atoms in total. The van der Waals surface area contributed by atoms with Gasteiger partial charge in [0.1, 0.15) is 17.2 Å². The molecule has 0 N–H and O–H groups in total. The van der Waals surface area contributed by atoms with E-state index in [9.17, 15) is 18.0 Å². The third kappa shape index (κ3) is 8.62. The van der Waals surface area contributed by atoms with E-state index < -0.39 is 23.3 Å². The van der Waals surface area contributed by atoms with E-state index in [0.29, 0.717) is 23.7 Å². The second-order valence-electron chi connectivity index (χ2n) is 11.9. The van der Waals surface area contributed by atoms with Gasteiger partial charge in [0.2, 0.25) is 0 Å². The van der Waals surface area contributed by atoms with Crippen LogP contribution in [0.2, 0.25) is 0 Å². The standard InChI is InChI=1S/C35H40F3N5O4S/c1-6-46-33(44)34(3,4)47-32-16-15-29(21-24(32)2)48-23-31-30(39-43(40-31)27-9-7-25(8-10-27)35(36,37)38)22-41-17-19-42(20-18-41)26-11-13-28(45-5)14-12-26/h7-16,21H,6,17-20,22-23H2,1-5H3. The molecule has 1 aromatic heterocycles. The van der Waals surface area contributed by atoms with E-state index in [2.05, 4.69) is 21.9 Å². The van der Waals surface area contributed by atoms with Crippen LogP contribution in [0.4, 0.5) is 18.9 Å². The summed E-state index contributed by atoms with van der Waals surface area (Å²) in [6.07, 6.45) is -4.43. The molecule has 4 aromatic rings. The molecule has 0 aliphatic carbocycles. The van der Waals surface area contributed by atoms with Crippen molar-refractivity contribution in [1.82, 2.24) is 19.9 Å². The van der Waals surface area contributed by atoms with Crippen LogP contribution in [0.5, 0.6) is 11.5 Å². The first-order valence-electron chi connectivity index (χ1n) is 15.7. The first kappa shape index (κ1) is 35.1. The molecule has 0 spiro atoms. The molecular formula is C35H40F3N5O4S. The molecule has 48 heavy (non-hydrogen) atoms. The summed E-state index contributed by atoms with van der Waals surface area (Å²) in [7, 11) is 1.65. The number of alkyl halides is 3. The molecule has 0 amide bonds. The molecule has 1 aliphatic rings. The highest BCUT2D eigenvalue weighted by atomic mass is 32.2. The zero-order chi connectivity index (χ0) is 34.5. The molecule has 13 heteroatoms. The van der Waals surface area contributed by atoms with E-state index in [1.54, 1.807) is 39.6 Å². The van der Waals surface area contributed by atoms with Crippen LogP contribution in [0.3, 0.4) is 0 Å². The second-order valence-corrected chi connectivity index (χ2v) is 13.0. The number of aryl methyl sites for hydroxylation is 1. The maximum absolute atomic E-state index is 13.2. The number of hydrogen-bond acceptors (Lipinski definition) is 9. The Morgan fingerprint density at radius 1 is 0.896 bits per heavy atom. The number of carbonyl (C=O) groups excluding carboxylic acids is 1. The maximum Gasteiger partial charge on any atom is 0.416 e. The number of anilines is 1. The quantitative estimate of drug-likeness (QED) is 0.117. The van der Waals surface area contributed by atoms with Gasteiger partial charge in [-0.25, -0.2) is 4.79 Å². The van der Waals surface area contributed by atoms with Gasteiger partial charge in [-0.1, -0.05) is 0 Å². The van der Waals surface area contributed by atoms with Crippen LogP contribution in [0, 0.1) is 6.92 Å². The van der Waals surface area contributed by atoms with E-state index in [0.717, 1.165) is 71.6 Å². The molecule has 1 saturated heterocycles. The number of halogens is 3. The molecule has 0 radical (unpaired) electrons. The van der Waals surface area contributed by atoms with Gasteiger partial charge in [-0.3, -0.25) is 4.90 Å². The average Bonchev–Trinajstić information content (AvgIpc) is 3.47. The summed E-state index contributed by atoms with van der Waals surface area (Å²) in [5.41, 5.74) is 2.11. The van der Waals surface area contributed by atoms with E-state index in [1.165, 1.54) is 16.9 Å².